The first kappa shape index (κ1) is 10.8. The summed E-state index contributed by atoms with van der Waals surface area (Å²) in [4.78, 5) is 11.5. The van der Waals surface area contributed by atoms with Gasteiger partial charge in [0.05, 0.1) is 12.3 Å². The predicted molar refractivity (Wildman–Crippen MR) is 53.2 cm³/mol. The van der Waals surface area contributed by atoms with E-state index in [2.05, 4.69) is 12.0 Å². The maximum atomic E-state index is 11.5. The molecule has 0 fully saturated rings. The van der Waals surface area contributed by atoms with Gasteiger partial charge in [0.1, 0.15) is 5.56 Å². The van der Waals surface area contributed by atoms with Gasteiger partial charge in [-0.25, -0.2) is 4.79 Å². The molecule has 0 spiro atoms. The molecule has 0 aromatic carbocycles. The van der Waals surface area contributed by atoms with Gasteiger partial charge >= 0.3 is 5.97 Å². The number of ether oxygens (including phenoxy) is 1. The third kappa shape index (κ3) is 2.34. The standard InChI is InChI=1S/C10H16N2O2/c1-4-6-9-8(7-12(3)11-9)10(13)14-5-2/h7H,4-6H2,1-3H3. The van der Waals surface area contributed by atoms with Crippen LogP contribution in [0.4, 0.5) is 0 Å². The van der Waals surface area contributed by atoms with E-state index >= 15 is 0 Å². The summed E-state index contributed by atoms with van der Waals surface area (Å²) in [5, 5.41) is 4.22. The Morgan fingerprint density at radius 3 is 2.86 bits per heavy atom. The molecule has 0 atom stereocenters. The van der Waals surface area contributed by atoms with Gasteiger partial charge in [0, 0.05) is 13.2 Å². The minimum atomic E-state index is -0.274. The maximum Gasteiger partial charge on any atom is 0.341 e. The molecule has 1 aromatic rings. The lowest BCUT2D eigenvalue weighted by Crippen LogP contribution is -2.06. The summed E-state index contributed by atoms with van der Waals surface area (Å²) < 4.78 is 6.59. The third-order valence-electron chi connectivity index (χ3n) is 1.89. The van der Waals surface area contributed by atoms with Gasteiger partial charge in [-0.2, -0.15) is 5.10 Å². The molecule has 14 heavy (non-hydrogen) atoms. The SMILES string of the molecule is CCCc1nn(C)cc1C(=O)OCC. The van der Waals surface area contributed by atoms with Crippen molar-refractivity contribution < 1.29 is 9.53 Å². The normalized spacial score (nSPS) is 10.2. The molecule has 0 radical (unpaired) electrons. The van der Waals surface area contributed by atoms with E-state index in [4.69, 9.17) is 4.74 Å². The predicted octanol–water partition coefficient (Wildman–Crippen LogP) is 1.55. The first-order valence-corrected chi connectivity index (χ1v) is 4.88. The number of nitrogens with zero attached hydrogens (tertiary/aromatic N) is 2. The molecule has 0 aliphatic carbocycles. The Bertz CT molecular complexity index is 318. The second-order valence-electron chi connectivity index (χ2n) is 3.13. The molecule has 1 rings (SSSR count). The average Bonchev–Trinajstić information content (AvgIpc) is 2.48. The fraction of sp³-hybridized carbons (Fsp3) is 0.600. The van der Waals surface area contributed by atoms with Crippen molar-refractivity contribution in [1.82, 2.24) is 9.78 Å². The van der Waals surface area contributed by atoms with E-state index in [0.29, 0.717) is 12.2 Å². The molecular formula is C10H16N2O2. The van der Waals surface area contributed by atoms with Crippen molar-refractivity contribution in [1.29, 1.82) is 0 Å². The van der Waals surface area contributed by atoms with E-state index in [1.54, 1.807) is 17.8 Å². The fourth-order valence-electron chi connectivity index (χ4n) is 1.34. The second kappa shape index (κ2) is 4.79. The number of rotatable bonds is 4. The van der Waals surface area contributed by atoms with Crippen LogP contribution >= 0.6 is 0 Å². The minimum absolute atomic E-state index is 0.274. The molecule has 0 bridgehead atoms. The number of esters is 1. The molecule has 0 aliphatic rings. The molecule has 0 N–H and O–H groups in total. The first-order valence-electron chi connectivity index (χ1n) is 4.88. The molecule has 4 heteroatoms. The molecule has 0 aliphatic heterocycles. The van der Waals surface area contributed by atoms with Crippen molar-refractivity contribution in [2.75, 3.05) is 6.61 Å². The highest BCUT2D eigenvalue weighted by molar-refractivity contribution is 5.90. The second-order valence-corrected chi connectivity index (χ2v) is 3.13. The summed E-state index contributed by atoms with van der Waals surface area (Å²) in [6.07, 6.45) is 3.50. The lowest BCUT2D eigenvalue weighted by Gasteiger charge is -2.00. The van der Waals surface area contributed by atoms with Crippen LogP contribution in [-0.2, 0) is 18.2 Å². The topological polar surface area (TPSA) is 44.1 Å². The van der Waals surface area contributed by atoms with Crippen LogP contribution in [0.25, 0.3) is 0 Å². The largest absolute Gasteiger partial charge is 0.462 e. The molecular weight excluding hydrogens is 180 g/mol. The zero-order valence-corrected chi connectivity index (χ0v) is 8.91. The lowest BCUT2D eigenvalue weighted by molar-refractivity contribution is 0.0525. The number of aromatic nitrogens is 2. The van der Waals surface area contributed by atoms with E-state index in [1.165, 1.54) is 0 Å². The van der Waals surface area contributed by atoms with Crippen LogP contribution in [0, 0.1) is 0 Å². The quantitative estimate of drug-likeness (QED) is 0.686. The summed E-state index contributed by atoms with van der Waals surface area (Å²) in [5.74, 6) is -0.274. The van der Waals surface area contributed by atoms with Gasteiger partial charge in [0.25, 0.3) is 0 Å². The van der Waals surface area contributed by atoms with E-state index in [0.717, 1.165) is 18.5 Å². The Morgan fingerprint density at radius 2 is 2.29 bits per heavy atom. The number of hydrogen-bond acceptors (Lipinski definition) is 3. The molecule has 0 saturated carbocycles. The molecule has 0 amide bonds. The van der Waals surface area contributed by atoms with Crippen molar-refractivity contribution in [3.8, 4) is 0 Å². The van der Waals surface area contributed by atoms with Gasteiger partial charge in [-0.15, -0.1) is 0 Å². The van der Waals surface area contributed by atoms with Crippen molar-refractivity contribution in [2.45, 2.75) is 26.7 Å². The van der Waals surface area contributed by atoms with E-state index in [9.17, 15) is 4.79 Å². The summed E-state index contributed by atoms with van der Waals surface area (Å²) in [7, 11) is 1.81. The monoisotopic (exact) mass is 196 g/mol. The first-order chi connectivity index (χ1) is 6.69. The van der Waals surface area contributed by atoms with Crippen LogP contribution in [-0.4, -0.2) is 22.4 Å². The molecule has 0 unspecified atom stereocenters. The number of hydrogen-bond donors (Lipinski definition) is 0. The number of carbonyl (C=O) groups excluding carboxylic acids is 1. The van der Waals surface area contributed by atoms with Gasteiger partial charge in [-0.1, -0.05) is 13.3 Å². The summed E-state index contributed by atoms with van der Waals surface area (Å²) in [6, 6.07) is 0. The van der Waals surface area contributed by atoms with Gasteiger partial charge < -0.3 is 4.74 Å². The van der Waals surface area contributed by atoms with Crippen molar-refractivity contribution in [3.05, 3.63) is 17.5 Å². The molecule has 78 valence electrons. The lowest BCUT2D eigenvalue weighted by atomic mass is 10.2. The molecule has 1 aromatic heterocycles. The van der Waals surface area contributed by atoms with Gasteiger partial charge in [-0.3, -0.25) is 4.68 Å². The van der Waals surface area contributed by atoms with Gasteiger partial charge in [-0.05, 0) is 13.3 Å². The van der Waals surface area contributed by atoms with Gasteiger partial charge in [0.15, 0.2) is 0 Å². The summed E-state index contributed by atoms with van der Waals surface area (Å²) in [6.45, 7) is 4.26. The highest BCUT2D eigenvalue weighted by Gasteiger charge is 2.15. The fourth-order valence-corrected chi connectivity index (χ4v) is 1.34. The van der Waals surface area contributed by atoms with Crippen LogP contribution in [0.3, 0.4) is 0 Å². The molecule has 1 heterocycles. The Hall–Kier alpha value is -1.32. The number of aryl methyl sites for hydroxylation is 2. The van der Waals surface area contributed by atoms with E-state index < -0.39 is 0 Å². The Labute approximate surface area is 83.9 Å². The van der Waals surface area contributed by atoms with E-state index in [-0.39, 0.29) is 5.97 Å². The molecule has 0 saturated heterocycles. The van der Waals surface area contributed by atoms with Crippen LogP contribution < -0.4 is 0 Å². The highest BCUT2D eigenvalue weighted by Crippen LogP contribution is 2.10. The van der Waals surface area contributed by atoms with E-state index in [1.807, 2.05) is 7.05 Å². The summed E-state index contributed by atoms with van der Waals surface area (Å²) >= 11 is 0. The van der Waals surface area contributed by atoms with Crippen LogP contribution in [0.5, 0.6) is 0 Å². The Kier molecular flexibility index (Phi) is 3.68. The Balaban J connectivity index is 2.88. The minimum Gasteiger partial charge on any atom is -0.462 e. The maximum absolute atomic E-state index is 11.5. The van der Waals surface area contributed by atoms with Crippen LogP contribution in [0.1, 0.15) is 36.3 Å². The van der Waals surface area contributed by atoms with Crippen LogP contribution in [0.2, 0.25) is 0 Å². The third-order valence-corrected chi connectivity index (χ3v) is 1.89. The van der Waals surface area contributed by atoms with Crippen LogP contribution in [0.15, 0.2) is 6.20 Å². The molecule has 4 nitrogen and oxygen atoms in total. The number of carbonyl (C=O) groups is 1. The zero-order chi connectivity index (χ0) is 10.6. The van der Waals surface area contributed by atoms with Crippen molar-refractivity contribution >= 4 is 5.97 Å². The summed E-state index contributed by atoms with van der Waals surface area (Å²) in [5.41, 5.74) is 1.42. The Morgan fingerprint density at radius 1 is 1.57 bits per heavy atom. The van der Waals surface area contributed by atoms with Gasteiger partial charge in [0.2, 0.25) is 0 Å². The average molecular weight is 196 g/mol. The smallest absolute Gasteiger partial charge is 0.341 e. The highest BCUT2D eigenvalue weighted by atomic mass is 16.5. The zero-order valence-electron chi connectivity index (χ0n) is 8.91. The van der Waals surface area contributed by atoms with Crippen molar-refractivity contribution in [2.24, 2.45) is 7.05 Å². The van der Waals surface area contributed by atoms with Crippen molar-refractivity contribution in [3.63, 3.8) is 0 Å².